The molecule has 2 fully saturated rings. The van der Waals surface area contributed by atoms with Crippen LogP contribution >= 0.6 is 0 Å². The Bertz CT molecular complexity index is 773. The first-order valence-electron chi connectivity index (χ1n) is 10.1. The van der Waals surface area contributed by atoms with Crippen LogP contribution in [0, 0.1) is 0 Å². The van der Waals surface area contributed by atoms with Crippen molar-refractivity contribution in [3.63, 3.8) is 0 Å². The fraction of sp³-hybridized carbons (Fsp3) is 0.545. The fourth-order valence-corrected chi connectivity index (χ4v) is 4.48. The standard InChI is InChI=1S/C22H31N3O2/c1-3-27-22-9-8-17-6-4-5-7-18(17)19(22)14-24-15-20(21(26)16-24)25-12-10-23(2)11-13-25/h4-9,20-21,26H,3,10-16H2,1-2H3/t20-,21-/m0/s1. The summed E-state index contributed by atoms with van der Waals surface area (Å²) in [6.07, 6.45) is -0.279. The maximum Gasteiger partial charge on any atom is 0.124 e. The zero-order valence-corrected chi connectivity index (χ0v) is 16.5. The van der Waals surface area contributed by atoms with E-state index in [2.05, 4.69) is 58.1 Å². The van der Waals surface area contributed by atoms with Crippen molar-refractivity contribution in [1.29, 1.82) is 0 Å². The van der Waals surface area contributed by atoms with Gasteiger partial charge in [-0.1, -0.05) is 30.3 Å². The first-order valence-corrected chi connectivity index (χ1v) is 10.1. The number of nitrogens with zero attached hydrogens (tertiary/aromatic N) is 3. The highest BCUT2D eigenvalue weighted by Crippen LogP contribution is 2.31. The molecule has 146 valence electrons. The second-order valence-corrected chi connectivity index (χ2v) is 7.86. The molecule has 2 aromatic carbocycles. The Kier molecular flexibility index (Phi) is 5.64. The van der Waals surface area contributed by atoms with Crippen LogP contribution in [0.2, 0.25) is 0 Å². The number of likely N-dealkylation sites (tertiary alicyclic amines) is 1. The van der Waals surface area contributed by atoms with Crippen LogP contribution in [0.3, 0.4) is 0 Å². The summed E-state index contributed by atoms with van der Waals surface area (Å²) in [5.41, 5.74) is 1.24. The Hall–Kier alpha value is -1.66. The minimum atomic E-state index is -0.279. The summed E-state index contributed by atoms with van der Waals surface area (Å²) in [7, 11) is 2.17. The van der Waals surface area contributed by atoms with Crippen molar-refractivity contribution < 1.29 is 9.84 Å². The molecule has 2 heterocycles. The molecule has 0 spiro atoms. The molecule has 2 atom stereocenters. The SMILES string of the molecule is CCOc1ccc2ccccc2c1CN1C[C@H](O)[C@@H](N2CCN(C)CC2)C1. The first-order chi connectivity index (χ1) is 13.2. The molecule has 1 N–H and O–H groups in total. The number of aliphatic hydroxyl groups is 1. The number of hydrogen-bond acceptors (Lipinski definition) is 5. The molecule has 0 bridgehead atoms. The summed E-state index contributed by atoms with van der Waals surface area (Å²) in [5.74, 6) is 0.966. The summed E-state index contributed by atoms with van der Waals surface area (Å²) < 4.78 is 5.93. The lowest BCUT2D eigenvalue weighted by atomic mass is 10.0. The molecule has 2 aliphatic rings. The minimum absolute atomic E-state index is 0.240. The third-order valence-electron chi connectivity index (χ3n) is 6.02. The molecule has 0 amide bonds. The molecule has 4 rings (SSSR count). The van der Waals surface area contributed by atoms with E-state index in [1.165, 1.54) is 16.3 Å². The normalized spacial score (nSPS) is 25.3. The fourth-order valence-electron chi connectivity index (χ4n) is 4.48. The van der Waals surface area contributed by atoms with Gasteiger partial charge < -0.3 is 14.7 Å². The van der Waals surface area contributed by atoms with Crippen molar-refractivity contribution >= 4 is 10.8 Å². The maximum absolute atomic E-state index is 10.7. The number of fused-ring (bicyclic) bond motifs is 1. The highest BCUT2D eigenvalue weighted by molar-refractivity contribution is 5.87. The van der Waals surface area contributed by atoms with Gasteiger partial charge in [-0.15, -0.1) is 0 Å². The predicted molar refractivity (Wildman–Crippen MR) is 109 cm³/mol. The van der Waals surface area contributed by atoms with E-state index in [0.29, 0.717) is 6.61 Å². The molecule has 2 aromatic rings. The number of rotatable bonds is 5. The molecule has 0 aromatic heterocycles. The summed E-state index contributed by atoms with van der Waals surface area (Å²) >= 11 is 0. The quantitative estimate of drug-likeness (QED) is 0.873. The van der Waals surface area contributed by atoms with Crippen LogP contribution in [-0.2, 0) is 6.54 Å². The molecule has 0 radical (unpaired) electrons. The van der Waals surface area contributed by atoms with Gasteiger partial charge in [-0.05, 0) is 30.8 Å². The zero-order valence-electron chi connectivity index (χ0n) is 16.5. The summed E-state index contributed by atoms with van der Waals surface area (Å²) in [5, 5.41) is 13.2. The zero-order chi connectivity index (χ0) is 18.8. The van der Waals surface area contributed by atoms with E-state index < -0.39 is 0 Å². The van der Waals surface area contributed by atoms with Crippen molar-refractivity contribution in [2.75, 3.05) is 52.9 Å². The van der Waals surface area contributed by atoms with E-state index in [1.807, 2.05) is 6.92 Å². The molecular weight excluding hydrogens is 338 g/mol. The Morgan fingerprint density at radius 2 is 1.81 bits per heavy atom. The predicted octanol–water partition coefficient (Wildman–Crippen LogP) is 2.03. The summed E-state index contributed by atoms with van der Waals surface area (Å²) in [6, 6.07) is 13.0. The van der Waals surface area contributed by atoms with Crippen molar-refractivity contribution in [3.8, 4) is 5.75 Å². The van der Waals surface area contributed by atoms with Gasteiger partial charge in [0.1, 0.15) is 5.75 Å². The van der Waals surface area contributed by atoms with Gasteiger partial charge in [0.15, 0.2) is 0 Å². The van der Waals surface area contributed by atoms with Gasteiger partial charge in [0.25, 0.3) is 0 Å². The number of hydrogen-bond donors (Lipinski definition) is 1. The van der Waals surface area contributed by atoms with Crippen LogP contribution in [0.25, 0.3) is 10.8 Å². The van der Waals surface area contributed by atoms with Gasteiger partial charge in [0, 0.05) is 57.4 Å². The van der Waals surface area contributed by atoms with Gasteiger partial charge in [0.2, 0.25) is 0 Å². The van der Waals surface area contributed by atoms with Crippen LogP contribution in [0.1, 0.15) is 12.5 Å². The number of likely N-dealkylation sites (N-methyl/N-ethyl adjacent to an activating group) is 1. The Balaban J connectivity index is 1.53. The third-order valence-corrected chi connectivity index (χ3v) is 6.02. The van der Waals surface area contributed by atoms with Crippen molar-refractivity contribution in [3.05, 3.63) is 42.0 Å². The molecule has 27 heavy (non-hydrogen) atoms. The topological polar surface area (TPSA) is 39.2 Å². The second kappa shape index (κ2) is 8.15. The van der Waals surface area contributed by atoms with Gasteiger partial charge in [-0.3, -0.25) is 9.80 Å². The van der Waals surface area contributed by atoms with Crippen LogP contribution < -0.4 is 4.74 Å². The lowest BCUT2D eigenvalue weighted by molar-refractivity contribution is 0.0512. The van der Waals surface area contributed by atoms with E-state index in [9.17, 15) is 5.11 Å². The first kappa shape index (κ1) is 18.7. The molecule has 0 unspecified atom stereocenters. The van der Waals surface area contributed by atoms with Gasteiger partial charge in [-0.25, -0.2) is 0 Å². The lowest BCUT2D eigenvalue weighted by Crippen LogP contribution is -2.52. The van der Waals surface area contributed by atoms with Crippen molar-refractivity contribution in [2.24, 2.45) is 0 Å². The monoisotopic (exact) mass is 369 g/mol. The van der Waals surface area contributed by atoms with E-state index in [-0.39, 0.29) is 12.1 Å². The van der Waals surface area contributed by atoms with Crippen molar-refractivity contribution in [2.45, 2.75) is 25.6 Å². The molecule has 2 aliphatic heterocycles. The molecule has 0 saturated carbocycles. The molecule has 0 aliphatic carbocycles. The third kappa shape index (κ3) is 3.97. The number of ether oxygens (including phenoxy) is 1. The smallest absolute Gasteiger partial charge is 0.124 e. The van der Waals surface area contributed by atoms with Gasteiger partial charge >= 0.3 is 0 Å². The van der Waals surface area contributed by atoms with Gasteiger partial charge in [-0.2, -0.15) is 0 Å². The Morgan fingerprint density at radius 3 is 2.59 bits per heavy atom. The largest absolute Gasteiger partial charge is 0.494 e. The summed E-state index contributed by atoms with van der Waals surface area (Å²) in [4.78, 5) is 7.22. The van der Waals surface area contributed by atoms with Crippen LogP contribution in [0.15, 0.2) is 36.4 Å². The highest BCUT2D eigenvalue weighted by Gasteiger charge is 2.36. The molecular formula is C22H31N3O2. The number of β-amino-alcohol motifs (C(OH)–C–C–N with tert-alkyl or cyclic N) is 1. The average Bonchev–Trinajstić information content (AvgIpc) is 3.05. The molecule has 5 heteroatoms. The van der Waals surface area contributed by atoms with E-state index >= 15 is 0 Å². The van der Waals surface area contributed by atoms with Crippen LogP contribution in [-0.4, -0.2) is 84.9 Å². The lowest BCUT2D eigenvalue weighted by Gasteiger charge is -2.37. The Morgan fingerprint density at radius 1 is 1.04 bits per heavy atom. The van der Waals surface area contributed by atoms with E-state index in [4.69, 9.17) is 4.74 Å². The van der Waals surface area contributed by atoms with Crippen LogP contribution in [0.5, 0.6) is 5.75 Å². The second-order valence-electron chi connectivity index (χ2n) is 7.86. The number of piperazine rings is 1. The molecule has 5 nitrogen and oxygen atoms in total. The maximum atomic E-state index is 10.7. The highest BCUT2D eigenvalue weighted by atomic mass is 16.5. The number of benzene rings is 2. The van der Waals surface area contributed by atoms with Crippen LogP contribution in [0.4, 0.5) is 0 Å². The van der Waals surface area contributed by atoms with E-state index in [1.54, 1.807) is 0 Å². The average molecular weight is 370 g/mol. The van der Waals surface area contributed by atoms with Gasteiger partial charge in [0.05, 0.1) is 12.7 Å². The summed E-state index contributed by atoms with van der Waals surface area (Å²) in [6.45, 7) is 9.42. The number of aliphatic hydroxyl groups excluding tert-OH is 1. The van der Waals surface area contributed by atoms with Crippen molar-refractivity contribution in [1.82, 2.24) is 14.7 Å². The molecule has 2 saturated heterocycles. The van der Waals surface area contributed by atoms with E-state index in [0.717, 1.165) is 51.6 Å². The Labute approximate surface area is 162 Å². The minimum Gasteiger partial charge on any atom is -0.494 e.